The van der Waals surface area contributed by atoms with Crippen molar-refractivity contribution in [2.75, 3.05) is 25.7 Å². The third kappa shape index (κ3) is 7.95. The van der Waals surface area contributed by atoms with Crippen LogP contribution in [-0.4, -0.2) is 33.7 Å². The minimum absolute atomic E-state index is 0.751. The van der Waals surface area contributed by atoms with E-state index in [0.717, 1.165) is 37.5 Å². The fraction of sp³-hybridized carbons (Fsp3) is 1.00. The minimum atomic E-state index is -1.41. The lowest BCUT2D eigenvalue weighted by Crippen LogP contribution is -2.48. The molecule has 2 nitrogen and oxygen atoms in total. The summed E-state index contributed by atoms with van der Waals surface area (Å²) in [6.07, 6.45) is 1.94. The van der Waals surface area contributed by atoms with Gasteiger partial charge < -0.3 is 9.47 Å². The first-order chi connectivity index (χ1) is 7.95. The summed E-state index contributed by atoms with van der Waals surface area (Å²) in [5, 5.41) is 0. The Morgan fingerprint density at radius 2 is 1.12 bits per heavy atom. The smallest absolute Gasteiger partial charge is 0.113 e. The molecule has 0 saturated heterocycles. The van der Waals surface area contributed by atoms with Gasteiger partial charge in [0, 0.05) is 25.7 Å². The minimum Gasteiger partial charge on any atom is -0.385 e. The molecular formula is C14H32O2Si. The van der Waals surface area contributed by atoms with E-state index in [4.69, 9.17) is 9.47 Å². The predicted molar refractivity (Wildman–Crippen MR) is 78.0 cm³/mol. The Labute approximate surface area is 109 Å². The normalized spacial score (nSPS) is 12.7. The fourth-order valence-electron chi connectivity index (χ4n) is 2.73. The summed E-state index contributed by atoms with van der Waals surface area (Å²) < 4.78 is 11.6. The number of hydrogen-bond donors (Lipinski definition) is 0. The van der Waals surface area contributed by atoms with E-state index in [1.807, 2.05) is 0 Å². The van der Waals surface area contributed by atoms with Crippen LogP contribution in [0.15, 0.2) is 0 Å². The molecule has 0 saturated carbocycles. The molecule has 0 radical (unpaired) electrons. The van der Waals surface area contributed by atoms with E-state index in [2.05, 4.69) is 41.5 Å². The number of rotatable bonds is 10. The molecule has 0 aliphatic heterocycles. The van der Waals surface area contributed by atoms with Gasteiger partial charge in [-0.15, -0.1) is 0 Å². The summed E-state index contributed by atoms with van der Waals surface area (Å²) in [5.41, 5.74) is 0. The SMILES string of the molecule is CCOC[Si](COCC)(CC(C)C)CC(C)C. The van der Waals surface area contributed by atoms with Gasteiger partial charge in [-0.05, 0) is 25.7 Å². The van der Waals surface area contributed by atoms with Gasteiger partial charge in [-0.1, -0.05) is 39.8 Å². The zero-order valence-electron chi connectivity index (χ0n) is 12.7. The Morgan fingerprint density at radius 1 is 0.765 bits per heavy atom. The molecular weight excluding hydrogens is 228 g/mol. The quantitative estimate of drug-likeness (QED) is 0.555. The lowest BCUT2D eigenvalue weighted by atomic mass is 10.3. The van der Waals surface area contributed by atoms with Gasteiger partial charge in [0.2, 0.25) is 0 Å². The second-order valence-corrected chi connectivity index (χ2v) is 10.4. The van der Waals surface area contributed by atoms with Crippen molar-refractivity contribution in [3.63, 3.8) is 0 Å². The molecule has 0 aromatic carbocycles. The number of ether oxygens (including phenoxy) is 2. The van der Waals surface area contributed by atoms with Crippen molar-refractivity contribution in [3.05, 3.63) is 0 Å². The molecule has 0 aromatic heterocycles. The molecule has 0 bridgehead atoms. The van der Waals surface area contributed by atoms with Crippen LogP contribution in [0.5, 0.6) is 0 Å². The molecule has 0 aromatic rings. The maximum absolute atomic E-state index is 5.78. The highest BCUT2D eigenvalue weighted by molar-refractivity contribution is 6.79. The van der Waals surface area contributed by atoms with Crippen LogP contribution in [0.4, 0.5) is 0 Å². The van der Waals surface area contributed by atoms with Crippen molar-refractivity contribution < 1.29 is 9.47 Å². The van der Waals surface area contributed by atoms with E-state index in [1.165, 1.54) is 12.1 Å². The summed E-state index contributed by atoms with van der Waals surface area (Å²) in [6, 6.07) is 2.65. The maximum Gasteiger partial charge on any atom is 0.113 e. The molecule has 0 N–H and O–H groups in total. The van der Waals surface area contributed by atoms with Crippen LogP contribution in [0.25, 0.3) is 0 Å². The molecule has 0 aliphatic carbocycles. The Balaban J connectivity index is 4.63. The maximum atomic E-state index is 5.78. The Bertz CT molecular complexity index is 161. The molecule has 0 aliphatic rings. The molecule has 17 heavy (non-hydrogen) atoms. The third-order valence-corrected chi connectivity index (χ3v) is 7.91. The molecule has 0 spiro atoms. The summed E-state index contributed by atoms with van der Waals surface area (Å²) in [6.45, 7) is 15.1. The van der Waals surface area contributed by atoms with Crippen molar-refractivity contribution in [3.8, 4) is 0 Å². The van der Waals surface area contributed by atoms with Crippen LogP contribution in [-0.2, 0) is 9.47 Å². The zero-order valence-corrected chi connectivity index (χ0v) is 13.7. The average molecular weight is 260 g/mol. The first-order valence-corrected chi connectivity index (χ1v) is 9.94. The number of hydrogen-bond acceptors (Lipinski definition) is 2. The molecule has 0 atom stereocenters. The Hall–Kier alpha value is 0.137. The Morgan fingerprint density at radius 3 is 1.35 bits per heavy atom. The van der Waals surface area contributed by atoms with Crippen LogP contribution in [0.2, 0.25) is 12.1 Å². The van der Waals surface area contributed by atoms with E-state index >= 15 is 0 Å². The van der Waals surface area contributed by atoms with E-state index < -0.39 is 8.07 Å². The summed E-state index contributed by atoms with van der Waals surface area (Å²) in [7, 11) is -1.41. The van der Waals surface area contributed by atoms with Gasteiger partial charge in [0.05, 0.1) is 0 Å². The lowest BCUT2D eigenvalue weighted by molar-refractivity contribution is 0.159. The highest BCUT2D eigenvalue weighted by atomic mass is 28.3. The van der Waals surface area contributed by atoms with Gasteiger partial charge in [0.15, 0.2) is 0 Å². The second kappa shape index (κ2) is 9.12. The monoisotopic (exact) mass is 260 g/mol. The van der Waals surface area contributed by atoms with Gasteiger partial charge in [0.1, 0.15) is 8.07 Å². The molecule has 0 heterocycles. The predicted octanol–water partition coefficient (Wildman–Crippen LogP) is 3.90. The average Bonchev–Trinajstić information content (AvgIpc) is 2.22. The van der Waals surface area contributed by atoms with E-state index in [-0.39, 0.29) is 0 Å². The molecule has 104 valence electrons. The van der Waals surface area contributed by atoms with Crippen LogP contribution in [0, 0.1) is 11.8 Å². The van der Waals surface area contributed by atoms with E-state index in [0.29, 0.717) is 0 Å². The Kier molecular flexibility index (Phi) is 9.19. The van der Waals surface area contributed by atoms with Crippen LogP contribution in [0.3, 0.4) is 0 Å². The van der Waals surface area contributed by atoms with Gasteiger partial charge in [-0.25, -0.2) is 0 Å². The molecule has 0 unspecified atom stereocenters. The lowest BCUT2D eigenvalue weighted by Gasteiger charge is -2.34. The van der Waals surface area contributed by atoms with Crippen LogP contribution < -0.4 is 0 Å². The first-order valence-electron chi connectivity index (χ1n) is 7.11. The standard InChI is InChI=1S/C14H32O2Si/c1-7-15-11-17(9-13(3)4,10-14(5)6)12-16-8-2/h13-14H,7-12H2,1-6H3. The molecule has 3 heteroatoms. The fourth-order valence-corrected chi connectivity index (χ4v) is 8.19. The third-order valence-electron chi connectivity index (χ3n) is 2.91. The van der Waals surface area contributed by atoms with Crippen molar-refractivity contribution >= 4 is 8.07 Å². The van der Waals surface area contributed by atoms with Crippen molar-refractivity contribution in [1.29, 1.82) is 0 Å². The van der Waals surface area contributed by atoms with Gasteiger partial charge in [-0.2, -0.15) is 0 Å². The summed E-state index contributed by atoms with van der Waals surface area (Å²) in [5.74, 6) is 1.50. The summed E-state index contributed by atoms with van der Waals surface area (Å²) in [4.78, 5) is 0. The molecule has 0 rings (SSSR count). The van der Waals surface area contributed by atoms with Gasteiger partial charge >= 0.3 is 0 Å². The van der Waals surface area contributed by atoms with E-state index in [1.54, 1.807) is 0 Å². The van der Waals surface area contributed by atoms with Crippen molar-refractivity contribution in [1.82, 2.24) is 0 Å². The van der Waals surface area contributed by atoms with E-state index in [9.17, 15) is 0 Å². The highest BCUT2D eigenvalue weighted by Crippen LogP contribution is 2.26. The molecule has 0 amide bonds. The zero-order chi connectivity index (χ0) is 13.3. The van der Waals surface area contributed by atoms with Crippen LogP contribution >= 0.6 is 0 Å². The summed E-state index contributed by atoms with van der Waals surface area (Å²) >= 11 is 0. The first kappa shape index (κ1) is 17.1. The van der Waals surface area contributed by atoms with Crippen LogP contribution in [0.1, 0.15) is 41.5 Å². The topological polar surface area (TPSA) is 18.5 Å². The highest BCUT2D eigenvalue weighted by Gasteiger charge is 2.35. The largest absolute Gasteiger partial charge is 0.385 e. The van der Waals surface area contributed by atoms with Crippen molar-refractivity contribution in [2.45, 2.75) is 53.6 Å². The van der Waals surface area contributed by atoms with Gasteiger partial charge in [-0.3, -0.25) is 0 Å². The second-order valence-electron chi connectivity index (χ2n) is 5.97. The van der Waals surface area contributed by atoms with Crippen molar-refractivity contribution in [2.24, 2.45) is 11.8 Å². The van der Waals surface area contributed by atoms with Gasteiger partial charge in [0.25, 0.3) is 0 Å². The molecule has 0 fully saturated rings.